The minimum absolute atomic E-state index is 0.104. The number of carbonyl (C=O) groups excluding carboxylic acids is 1. The molecule has 0 saturated carbocycles. The third-order valence-electron chi connectivity index (χ3n) is 1.90. The number of halogens is 5. The van der Waals surface area contributed by atoms with Gasteiger partial charge in [-0.3, -0.25) is 4.79 Å². The lowest BCUT2D eigenvalue weighted by atomic mass is 10.1. The summed E-state index contributed by atoms with van der Waals surface area (Å²) in [6, 6.07) is 1.86. The van der Waals surface area contributed by atoms with E-state index in [1.807, 2.05) is 13.8 Å². The Labute approximate surface area is 124 Å². The standard InChI is InChI=1S/C10H7Cl2F3O3.C2H6/c1-17-9(16)4-6-7(11)2-5(3-8(6)12)18-10(13,14)15;1-2/h2-3H,4H2,1H3;1-2H3. The number of hydrogen-bond acceptors (Lipinski definition) is 3. The molecular formula is C12H13Cl2F3O3. The molecule has 0 spiro atoms. The lowest BCUT2D eigenvalue weighted by molar-refractivity contribution is -0.274. The first kappa shape index (κ1) is 18.9. The van der Waals surface area contributed by atoms with Crippen LogP contribution < -0.4 is 4.74 Å². The molecule has 0 saturated heterocycles. The third kappa shape index (κ3) is 6.34. The highest BCUT2D eigenvalue weighted by Gasteiger charge is 2.31. The molecule has 0 fully saturated rings. The molecule has 20 heavy (non-hydrogen) atoms. The second-order valence-corrected chi connectivity index (χ2v) is 3.98. The van der Waals surface area contributed by atoms with Gasteiger partial charge in [-0.25, -0.2) is 0 Å². The number of alkyl halides is 3. The van der Waals surface area contributed by atoms with Crippen molar-refractivity contribution in [2.45, 2.75) is 26.6 Å². The van der Waals surface area contributed by atoms with Gasteiger partial charge in [0.25, 0.3) is 0 Å². The molecule has 0 heterocycles. The average Bonchev–Trinajstić information content (AvgIpc) is 2.34. The van der Waals surface area contributed by atoms with E-state index in [4.69, 9.17) is 23.2 Å². The summed E-state index contributed by atoms with van der Waals surface area (Å²) in [5.41, 5.74) is 0.180. The van der Waals surface area contributed by atoms with Gasteiger partial charge in [-0.1, -0.05) is 37.0 Å². The lowest BCUT2D eigenvalue weighted by Gasteiger charge is -2.12. The molecule has 8 heteroatoms. The van der Waals surface area contributed by atoms with Crippen LogP contribution in [-0.2, 0) is 16.0 Å². The van der Waals surface area contributed by atoms with Gasteiger partial charge in [-0.05, 0) is 12.1 Å². The zero-order valence-corrected chi connectivity index (χ0v) is 12.5. The molecule has 1 aromatic rings. The van der Waals surface area contributed by atoms with Crippen LogP contribution in [-0.4, -0.2) is 19.4 Å². The molecule has 1 rings (SSSR count). The van der Waals surface area contributed by atoms with Gasteiger partial charge in [-0.2, -0.15) is 0 Å². The molecule has 3 nitrogen and oxygen atoms in total. The molecule has 114 valence electrons. The number of ether oxygens (including phenoxy) is 2. The quantitative estimate of drug-likeness (QED) is 0.757. The molecule has 0 aliphatic heterocycles. The van der Waals surface area contributed by atoms with Crippen LogP contribution in [0.4, 0.5) is 13.2 Å². The van der Waals surface area contributed by atoms with Crippen molar-refractivity contribution in [1.82, 2.24) is 0 Å². The summed E-state index contributed by atoms with van der Waals surface area (Å²) >= 11 is 11.5. The molecular weight excluding hydrogens is 320 g/mol. The lowest BCUT2D eigenvalue weighted by Crippen LogP contribution is -2.17. The Bertz CT molecular complexity index is 439. The van der Waals surface area contributed by atoms with Crippen LogP contribution >= 0.6 is 23.2 Å². The van der Waals surface area contributed by atoms with E-state index in [-0.39, 0.29) is 22.0 Å². The summed E-state index contributed by atoms with van der Waals surface area (Å²) in [6.45, 7) is 4.00. The van der Waals surface area contributed by atoms with Gasteiger partial charge in [0.15, 0.2) is 0 Å². The maximum atomic E-state index is 12.0. The maximum Gasteiger partial charge on any atom is 0.573 e. The van der Waals surface area contributed by atoms with E-state index >= 15 is 0 Å². The second kappa shape index (κ2) is 8.21. The molecule has 0 aromatic heterocycles. The van der Waals surface area contributed by atoms with Crippen molar-refractivity contribution in [1.29, 1.82) is 0 Å². The van der Waals surface area contributed by atoms with Crippen LogP contribution in [0.15, 0.2) is 12.1 Å². The highest BCUT2D eigenvalue weighted by molar-refractivity contribution is 6.36. The van der Waals surface area contributed by atoms with Crippen molar-refractivity contribution in [3.63, 3.8) is 0 Å². The van der Waals surface area contributed by atoms with E-state index in [1.54, 1.807) is 0 Å². The fourth-order valence-electron chi connectivity index (χ4n) is 1.16. The van der Waals surface area contributed by atoms with Crippen molar-refractivity contribution >= 4 is 29.2 Å². The van der Waals surface area contributed by atoms with Gasteiger partial charge in [0.1, 0.15) is 5.75 Å². The number of carbonyl (C=O) groups is 1. The fraction of sp³-hybridized carbons (Fsp3) is 0.417. The monoisotopic (exact) mass is 332 g/mol. The predicted octanol–water partition coefficient (Wildman–Crippen LogP) is 4.63. The minimum Gasteiger partial charge on any atom is -0.469 e. The SMILES string of the molecule is CC.COC(=O)Cc1c(Cl)cc(OC(F)(F)F)cc1Cl. The molecule has 0 N–H and O–H groups in total. The molecule has 0 unspecified atom stereocenters. The van der Waals surface area contributed by atoms with Crippen molar-refractivity contribution in [2.75, 3.05) is 7.11 Å². The minimum atomic E-state index is -4.84. The largest absolute Gasteiger partial charge is 0.573 e. The summed E-state index contributed by atoms with van der Waals surface area (Å²) in [5.74, 6) is -1.16. The smallest absolute Gasteiger partial charge is 0.469 e. The van der Waals surface area contributed by atoms with Gasteiger partial charge in [-0.15, -0.1) is 13.2 Å². The fourth-order valence-corrected chi connectivity index (χ4v) is 1.76. The van der Waals surface area contributed by atoms with Crippen LogP contribution in [0.3, 0.4) is 0 Å². The van der Waals surface area contributed by atoms with Crippen molar-refractivity contribution in [3.8, 4) is 5.75 Å². The van der Waals surface area contributed by atoms with Gasteiger partial charge >= 0.3 is 12.3 Å². The number of methoxy groups -OCH3 is 1. The third-order valence-corrected chi connectivity index (χ3v) is 2.57. The van der Waals surface area contributed by atoms with Crippen molar-refractivity contribution in [3.05, 3.63) is 27.7 Å². The summed E-state index contributed by atoms with van der Waals surface area (Å²) in [4.78, 5) is 11.0. The van der Waals surface area contributed by atoms with Crippen LogP contribution in [0.1, 0.15) is 19.4 Å². The zero-order valence-electron chi connectivity index (χ0n) is 11.0. The Morgan fingerprint density at radius 3 is 2.00 bits per heavy atom. The summed E-state index contributed by atoms with van der Waals surface area (Å²) in [7, 11) is 1.17. The Hall–Kier alpha value is -1.14. The van der Waals surface area contributed by atoms with E-state index in [2.05, 4.69) is 9.47 Å². The average molecular weight is 333 g/mol. The molecule has 0 atom stereocenters. The Balaban J connectivity index is 0.00000172. The zero-order chi connectivity index (χ0) is 15.9. The molecule has 0 radical (unpaired) electrons. The van der Waals surface area contributed by atoms with Gasteiger partial charge in [0.05, 0.1) is 13.5 Å². The molecule has 0 aliphatic carbocycles. The van der Waals surface area contributed by atoms with E-state index < -0.39 is 18.1 Å². The Kier molecular flexibility index (Phi) is 7.75. The molecule has 0 amide bonds. The van der Waals surface area contributed by atoms with Crippen molar-refractivity contribution < 1.29 is 27.4 Å². The molecule has 1 aromatic carbocycles. The summed E-state index contributed by atoms with van der Waals surface area (Å²) in [5, 5.41) is -0.209. The summed E-state index contributed by atoms with van der Waals surface area (Å²) < 4.78 is 44.0. The van der Waals surface area contributed by atoms with E-state index in [0.29, 0.717) is 0 Å². The topological polar surface area (TPSA) is 35.5 Å². The van der Waals surface area contributed by atoms with Crippen molar-refractivity contribution in [2.24, 2.45) is 0 Å². The second-order valence-electron chi connectivity index (χ2n) is 3.17. The molecule has 0 aliphatic rings. The molecule has 0 bridgehead atoms. The number of rotatable bonds is 3. The van der Waals surface area contributed by atoms with Crippen LogP contribution in [0, 0.1) is 0 Å². The van der Waals surface area contributed by atoms with Crippen LogP contribution in [0.5, 0.6) is 5.75 Å². The van der Waals surface area contributed by atoms with E-state index in [9.17, 15) is 18.0 Å². The Morgan fingerprint density at radius 2 is 1.65 bits per heavy atom. The van der Waals surface area contributed by atoms with Crippen LogP contribution in [0.25, 0.3) is 0 Å². The van der Waals surface area contributed by atoms with Gasteiger partial charge in [0, 0.05) is 15.6 Å². The number of esters is 1. The normalized spacial score (nSPS) is 10.4. The van der Waals surface area contributed by atoms with Gasteiger partial charge in [0.2, 0.25) is 0 Å². The summed E-state index contributed by atoms with van der Waals surface area (Å²) in [6.07, 6.45) is -5.07. The van der Waals surface area contributed by atoms with Crippen LogP contribution in [0.2, 0.25) is 10.0 Å². The number of hydrogen-bond donors (Lipinski definition) is 0. The van der Waals surface area contributed by atoms with E-state index in [1.165, 1.54) is 7.11 Å². The maximum absolute atomic E-state index is 12.0. The highest BCUT2D eigenvalue weighted by atomic mass is 35.5. The van der Waals surface area contributed by atoms with Gasteiger partial charge < -0.3 is 9.47 Å². The first-order valence-corrected chi connectivity index (χ1v) is 6.29. The predicted molar refractivity (Wildman–Crippen MR) is 70.2 cm³/mol. The highest BCUT2D eigenvalue weighted by Crippen LogP contribution is 2.33. The first-order chi connectivity index (χ1) is 9.23. The van der Waals surface area contributed by atoms with E-state index in [0.717, 1.165) is 12.1 Å². The number of benzene rings is 1. The Morgan fingerprint density at radius 1 is 1.20 bits per heavy atom. The first-order valence-electron chi connectivity index (χ1n) is 5.53.